The molecule has 0 radical (unpaired) electrons. The first kappa shape index (κ1) is 12.9. The van der Waals surface area contributed by atoms with Gasteiger partial charge in [-0.15, -0.1) is 0 Å². The summed E-state index contributed by atoms with van der Waals surface area (Å²) in [6.07, 6.45) is 0. The summed E-state index contributed by atoms with van der Waals surface area (Å²) in [5, 5.41) is 8.90. The first-order chi connectivity index (χ1) is 9.21. The second-order valence-electron chi connectivity index (χ2n) is 3.92. The first-order valence-electron chi connectivity index (χ1n) is 5.67. The van der Waals surface area contributed by atoms with E-state index in [0.29, 0.717) is 23.7 Å². The molecular weight excluding hydrogens is 245 g/mol. The number of halogens is 1. The van der Waals surface area contributed by atoms with E-state index in [2.05, 4.69) is 0 Å². The predicted octanol–water partition coefficient (Wildman–Crippen LogP) is 3.28. The Bertz CT molecular complexity index is 603. The van der Waals surface area contributed by atoms with Gasteiger partial charge in [0, 0.05) is 6.07 Å². The maximum Gasteiger partial charge on any atom is 0.124 e. The van der Waals surface area contributed by atoms with E-state index in [-0.39, 0.29) is 5.82 Å². The minimum absolute atomic E-state index is 0.281. The summed E-state index contributed by atoms with van der Waals surface area (Å²) in [6, 6.07) is 13.1. The molecule has 96 valence electrons. The van der Waals surface area contributed by atoms with Gasteiger partial charge in [0.1, 0.15) is 23.9 Å². The average Bonchev–Trinajstić information content (AvgIpc) is 2.46. The van der Waals surface area contributed by atoms with Crippen molar-refractivity contribution in [3.8, 4) is 17.6 Å². The van der Waals surface area contributed by atoms with Crippen LogP contribution in [0, 0.1) is 17.1 Å². The fraction of sp³-hybridized carbons (Fsp3) is 0.133. The van der Waals surface area contributed by atoms with Gasteiger partial charge in [0.15, 0.2) is 0 Å². The van der Waals surface area contributed by atoms with Crippen LogP contribution in [0.3, 0.4) is 0 Å². The molecule has 0 spiro atoms. The summed E-state index contributed by atoms with van der Waals surface area (Å²) in [7, 11) is 1.53. The lowest BCUT2D eigenvalue weighted by atomic mass is 10.2. The van der Waals surface area contributed by atoms with E-state index in [1.165, 1.54) is 19.2 Å². The fourth-order valence-electron chi connectivity index (χ4n) is 1.58. The molecule has 4 heteroatoms. The molecule has 0 aromatic heterocycles. The minimum atomic E-state index is -0.281. The van der Waals surface area contributed by atoms with E-state index in [1.807, 2.05) is 6.07 Å². The highest BCUT2D eigenvalue weighted by Gasteiger charge is 2.03. The van der Waals surface area contributed by atoms with Gasteiger partial charge in [0.25, 0.3) is 0 Å². The van der Waals surface area contributed by atoms with Gasteiger partial charge in [-0.2, -0.15) is 5.26 Å². The Balaban J connectivity index is 2.11. The largest absolute Gasteiger partial charge is 0.497 e. The molecule has 0 unspecified atom stereocenters. The quantitative estimate of drug-likeness (QED) is 0.844. The molecule has 0 fully saturated rings. The van der Waals surface area contributed by atoms with Crippen LogP contribution < -0.4 is 9.47 Å². The summed E-state index contributed by atoms with van der Waals surface area (Å²) in [6.45, 7) is 0.304. The molecule has 2 rings (SSSR count). The van der Waals surface area contributed by atoms with Crippen molar-refractivity contribution in [3.63, 3.8) is 0 Å². The number of hydrogen-bond acceptors (Lipinski definition) is 3. The summed E-state index contributed by atoms with van der Waals surface area (Å²) in [4.78, 5) is 0. The van der Waals surface area contributed by atoms with Gasteiger partial charge in [0.05, 0.1) is 18.7 Å². The number of hydrogen-bond donors (Lipinski definition) is 0. The lowest BCUT2D eigenvalue weighted by molar-refractivity contribution is 0.303. The molecule has 0 heterocycles. The van der Waals surface area contributed by atoms with Gasteiger partial charge in [-0.25, -0.2) is 4.39 Å². The Labute approximate surface area is 110 Å². The lowest BCUT2D eigenvalue weighted by Gasteiger charge is -2.08. The number of rotatable bonds is 4. The Kier molecular flexibility index (Phi) is 3.99. The highest BCUT2D eigenvalue weighted by Crippen LogP contribution is 2.23. The molecule has 0 amide bonds. The molecule has 0 saturated carbocycles. The maximum atomic E-state index is 12.8. The summed E-state index contributed by atoms with van der Waals surface area (Å²) < 4.78 is 23.4. The van der Waals surface area contributed by atoms with Gasteiger partial charge in [0.2, 0.25) is 0 Å². The molecule has 2 aromatic rings. The van der Waals surface area contributed by atoms with Crippen molar-refractivity contribution in [1.82, 2.24) is 0 Å². The van der Waals surface area contributed by atoms with Crippen molar-refractivity contribution >= 4 is 0 Å². The Hall–Kier alpha value is -2.54. The zero-order valence-corrected chi connectivity index (χ0v) is 10.4. The number of benzene rings is 2. The normalized spacial score (nSPS) is 9.74. The van der Waals surface area contributed by atoms with E-state index >= 15 is 0 Å². The van der Waals surface area contributed by atoms with E-state index in [4.69, 9.17) is 14.7 Å². The van der Waals surface area contributed by atoms with E-state index in [9.17, 15) is 4.39 Å². The molecule has 0 aliphatic rings. The number of nitrogens with zero attached hydrogens (tertiary/aromatic N) is 1. The first-order valence-corrected chi connectivity index (χ1v) is 5.67. The van der Waals surface area contributed by atoms with Crippen molar-refractivity contribution < 1.29 is 13.9 Å². The highest BCUT2D eigenvalue weighted by molar-refractivity contribution is 5.43. The topological polar surface area (TPSA) is 42.2 Å². The van der Waals surface area contributed by atoms with Gasteiger partial charge in [-0.05, 0) is 29.8 Å². The average molecular weight is 257 g/mol. The van der Waals surface area contributed by atoms with Gasteiger partial charge in [-0.1, -0.05) is 12.1 Å². The van der Waals surface area contributed by atoms with Gasteiger partial charge >= 0.3 is 0 Å². The third-order valence-corrected chi connectivity index (χ3v) is 2.56. The maximum absolute atomic E-state index is 12.8. The van der Waals surface area contributed by atoms with Gasteiger partial charge < -0.3 is 9.47 Å². The summed E-state index contributed by atoms with van der Waals surface area (Å²) in [5.41, 5.74) is 1.32. The SMILES string of the molecule is COc1cc(C#N)cc(OCc2ccc(F)cc2)c1. The highest BCUT2D eigenvalue weighted by atomic mass is 19.1. The van der Waals surface area contributed by atoms with Crippen LogP contribution >= 0.6 is 0 Å². The van der Waals surface area contributed by atoms with E-state index in [0.717, 1.165) is 5.56 Å². The standard InChI is InChI=1S/C15H12FNO2/c1-18-14-6-12(9-17)7-15(8-14)19-10-11-2-4-13(16)5-3-11/h2-8H,10H2,1H3. The molecule has 0 aliphatic heterocycles. The lowest BCUT2D eigenvalue weighted by Crippen LogP contribution is -1.96. The second-order valence-corrected chi connectivity index (χ2v) is 3.92. The van der Waals surface area contributed by atoms with Crippen molar-refractivity contribution in [2.75, 3.05) is 7.11 Å². The third kappa shape index (κ3) is 3.46. The third-order valence-electron chi connectivity index (χ3n) is 2.56. The molecular formula is C15H12FNO2. The Morgan fingerprint density at radius 3 is 2.42 bits per heavy atom. The Morgan fingerprint density at radius 2 is 1.79 bits per heavy atom. The molecule has 0 bridgehead atoms. The van der Waals surface area contributed by atoms with Crippen LogP contribution in [0.1, 0.15) is 11.1 Å². The van der Waals surface area contributed by atoms with Crippen molar-refractivity contribution in [1.29, 1.82) is 5.26 Å². The van der Waals surface area contributed by atoms with Crippen LogP contribution in [0.2, 0.25) is 0 Å². The van der Waals surface area contributed by atoms with Crippen LogP contribution in [-0.4, -0.2) is 7.11 Å². The van der Waals surface area contributed by atoms with Gasteiger partial charge in [-0.3, -0.25) is 0 Å². The number of nitriles is 1. The van der Waals surface area contributed by atoms with Crippen LogP contribution in [0.5, 0.6) is 11.5 Å². The molecule has 0 saturated heterocycles. The predicted molar refractivity (Wildman–Crippen MR) is 68.4 cm³/mol. The number of methoxy groups -OCH3 is 1. The molecule has 2 aromatic carbocycles. The van der Waals surface area contributed by atoms with Crippen LogP contribution in [0.4, 0.5) is 4.39 Å². The zero-order valence-electron chi connectivity index (χ0n) is 10.4. The van der Waals surface area contributed by atoms with Crippen molar-refractivity contribution in [3.05, 3.63) is 59.4 Å². The number of ether oxygens (including phenoxy) is 2. The van der Waals surface area contributed by atoms with Crippen LogP contribution in [0.15, 0.2) is 42.5 Å². The van der Waals surface area contributed by atoms with E-state index in [1.54, 1.807) is 30.3 Å². The molecule has 0 N–H and O–H groups in total. The van der Waals surface area contributed by atoms with E-state index < -0.39 is 0 Å². The molecule has 19 heavy (non-hydrogen) atoms. The summed E-state index contributed by atoms with van der Waals surface area (Å²) >= 11 is 0. The van der Waals surface area contributed by atoms with Crippen molar-refractivity contribution in [2.24, 2.45) is 0 Å². The summed E-state index contributed by atoms with van der Waals surface area (Å²) in [5.74, 6) is 0.824. The van der Waals surface area contributed by atoms with Crippen molar-refractivity contribution in [2.45, 2.75) is 6.61 Å². The van der Waals surface area contributed by atoms with Crippen LogP contribution in [0.25, 0.3) is 0 Å². The fourth-order valence-corrected chi connectivity index (χ4v) is 1.58. The van der Waals surface area contributed by atoms with Crippen LogP contribution in [-0.2, 0) is 6.61 Å². The smallest absolute Gasteiger partial charge is 0.124 e. The minimum Gasteiger partial charge on any atom is -0.497 e. The molecule has 0 aliphatic carbocycles. The second kappa shape index (κ2) is 5.87. The molecule has 0 atom stereocenters. The Morgan fingerprint density at radius 1 is 1.11 bits per heavy atom. The molecule has 3 nitrogen and oxygen atoms in total. The zero-order chi connectivity index (χ0) is 13.7. The monoisotopic (exact) mass is 257 g/mol.